The molecule has 4 heteroatoms. The van der Waals surface area contributed by atoms with Crippen LogP contribution in [0.2, 0.25) is 0 Å². The number of aryl methyl sites for hydroxylation is 1. The molecule has 2 aromatic rings. The summed E-state index contributed by atoms with van der Waals surface area (Å²) < 4.78 is 0. The van der Waals surface area contributed by atoms with Gasteiger partial charge in [0.2, 0.25) is 0 Å². The van der Waals surface area contributed by atoms with Crippen molar-refractivity contribution in [3.63, 3.8) is 0 Å². The molecule has 0 unspecified atom stereocenters. The zero-order chi connectivity index (χ0) is 14.8. The average Bonchev–Trinajstić information content (AvgIpc) is 2.36. The first kappa shape index (κ1) is 14.6. The Labute approximate surface area is 120 Å². The number of aromatic nitrogens is 1. The second kappa shape index (κ2) is 5.67. The monoisotopic (exact) mass is 273 g/mol. The van der Waals surface area contributed by atoms with Crippen LogP contribution in [0.3, 0.4) is 0 Å². The van der Waals surface area contributed by atoms with Crippen LogP contribution in [0.4, 0.5) is 11.4 Å². The van der Waals surface area contributed by atoms with Crippen molar-refractivity contribution < 1.29 is 5.11 Å². The van der Waals surface area contributed by atoms with Gasteiger partial charge in [-0.2, -0.15) is 0 Å². The summed E-state index contributed by atoms with van der Waals surface area (Å²) in [4.78, 5) is 4.52. The Kier molecular flexibility index (Phi) is 4.14. The van der Waals surface area contributed by atoms with E-state index in [4.69, 9.17) is 10.8 Å². The van der Waals surface area contributed by atoms with Gasteiger partial charge in [-0.05, 0) is 43.0 Å². The maximum Gasteiger partial charge on any atom is 0.0727 e. The van der Waals surface area contributed by atoms with E-state index < -0.39 is 0 Å². The average molecular weight is 273 g/mol. The van der Waals surface area contributed by atoms with Gasteiger partial charge < -0.3 is 16.2 Å². The number of rotatable bonds is 5. The molecule has 2 rings (SSSR count). The summed E-state index contributed by atoms with van der Waals surface area (Å²) in [6.45, 7) is 7.26. The van der Waals surface area contributed by atoms with Crippen molar-refractivity contribution in [2.45, 2.75) is 27.2 Å². The van der Waals surface area contributed by atoms with Gasteiger partial charge in [0.05, 0.1) is 5.52 Å². The molecule has 0 saturated carbocycles. The van der Waals surface area contributed by atoms with Gasteiger partial charge in [-0.15, -0.1) is 0 Å². The highest BCUT2D eigenvalue weighted by atomic mass is 16.3. The highest BCUT2D eigenvalue weighted by Crippen LogP contribution is 2.27. The summed E-state index contributed by atoms with van der Waals surface area (Å²) >= 11 is 0. The first-order valence-corrected chi connectivity index (χ1v) is 6.93. The molecule has 1 aromatic carbocycles. The lowest BCUT2D eigenvalue weighted by molar-refractivity contribution is 0.220. The number of nitrogens with two attached hydrogens (primary N) is 1. The molecule has 0 aliphatic heterocycles. The third-order valence-electron chi connectivity index (χ3n) is 3.51. The zero-order valence-corrected chi connectivity index (χ0v) is 12.4. The van der Waals surface area contributed by atoms with Crippen molar-refractivity contribution in [2.24, 2.45) is 5.41 Å². The molecule has 0 aliphatic carbocycles. The zero-order valence-electron chi connectivity index (χ0n) is 12.4. The van der Waals surface area contributed by atoms with E-state index in [2.05, 4.69) is 24.1 Å². The number of nitrogens with zero attached hydrogens (tertiary/aromatic N) is 1. The topological polar surface area (TPSA) is 71.2 Å². The highest BCUT2D eigenvalue weighted by Gasteiger charge is 2.17. The summed E-state index contributed by atoms with van der Waals surface area (Å²) in [5.41, 5.74) is 9.62. The highest BCUT2D eigenvalue weighted by molar-refractivity contribution is 5.93. The molecular weight excluding hydrogens is 250 g/mol. The van der Waals surface area contributed by atoms with E-state index >= 15 is 0 Å². The molecule has 0 fully saturated rings. The van der Waals surface area contributed by atoms with Crippen LogP contribution in [-0.2, 0) is 0 Å². The van der Waals surface area contributed by atoms with Gasteiger partial charge in [0.15, 0.2) is 0 Å². The molecule has 1 heterocycles. The van der Waals surface area contributed by atoms with E-state index in [1.165, 1.54) is 0 Å². The number of hydrogen-bond acceptors (Lipinski definition) is 4. The van der Waals surface area contributed by atoms with Crippen molar-refractivity contribution in [3.05, 3.63) is 30.0 Å². The lowest BCUT2D eigenvalue weighted by Gasteiger charge is -2.25. The van der Waals surface area contributed by atoms with Crippen LogP contribution in [0.15, 0.2) is 24.3 Å². The summed E-state index contributed by atoms with van der Waals surface area (Å²) in [6, 6.07) is 7.80. The Hall–Kier alpha value is -1.81. The molecule has 0 radical (unpaired) electrons. The maximum atomic E-state index is 9.10. The second-order valence-corrected chi connectivity index (χ2v) is 6.08. The van der Waals surface area contributed by atoms with E-state index in [-0.39, 0.29) is 12.0 Å². The predicted molar refractivity (Wildman–Crippen MR) is 84.9 cm³/mol. The van der Waals surface area contributed by atoms with Gasteiger partial charge in [-0.25, -0.2) is 0 Å². The number of nitrogens with one attached hydrogen (secondary N) is 1. The molecule has 1 aromatic heterocycles. The number of anilines is 2. The lowest BCUT2D eigenvalue weighted by atomic mass is 9.89. The Morgan fingerprint density at radius 2 is 2.05 bits per heavy atom. The van der Waals surface area contributed by atoms with Crippen LogP contribution in [-0.4, -0.2) is 23.2 Å². The minimum Gasteiger partial charge on any atom is -0.399 e. The minimum atomic E-state index is 0.0403. The Morgan fingerprint density at radius 3 is 2.75 bits per heavy atom. The summed E-state index contributed by atoms with van der Waals surface area (Å²) in [5.74, 6) is 0. The molecular formula is C16H23N3O. The molecule has 0 saturated heterocycles. The van der Waals surface area contributed by atoms with Crippen LogP contribution in [0.5, 0.6) is 0 Å². The second-order valence-electron chi connectivity index (χ2n) is 6.08. The van der Waals surface area contributed by atoms with E-state index in [9.17, 15) is 0 Å². The van der Waals surface area contributed by atoms with Gasteiger partial charge >= 0.3 is 0 Å². The predicted octanol–water partition coefficient (Wildman–Crippen LogP) is 2.95. The maximum absolute atomic E-state index is 9.10. The van der Waals surface area contributed by atoms with Crippen molar-refractivity contribution in [2.75, 3.05) is 24.2 Å². The van der Waals surface area contributed by atoms with E-state index in [0.717, 1.165) is 40.9 Å². The van der Waals surface area contributed by atoms with Crippen LogP contribution in [0, 0.1) is 12.3 Å². The largest absolute Gasteiger partial charge is 0.399 e. The smallest absolute Gasteiger partial charge is 0.0727 e. The molecule has 0 atom stereocenters. The fraction of sp³-hybridized carbons (Fsp3) is 0.438. The molecule has 0 bridgehead atoms. The third-order valence-corrected chi connectivity index (χ3v) is 3.51. The number of hydrogen-bond donors (Lipinski definition) is 3. The number of pyridine rings is 1. The first-order valence-electron chi connectivity index (χ1n) is 6.93. The van der Waals surface area contributed by atoms with Gasteiger partial charge in [-0.1, -0.05) is 13.8 Å². The normalized spacial score (nSPS) is 11.8. The number of fused-ring (bicyclic) bond motifs is 1. The SMILES string of the molecule is Cc1cc(NCC(C)(C)CCO)c2cc(N)ccc2n1. The number of aliphatic hydroxyl groups is 1. The quantitative estimate of drug-likeness (QED) is 0.732. The summed E-state index contributed by atoms with van der Waals surface area (Å²) in [7, 11) is 0. The fourth-order valence-electron chi connectivity index (χ4n) is 2.25. The lowest BCUT2D eigenvalue weighted by Crippen LogP contribution is -2.24. The molecule has 4 nitrogen and oxygen atoms in total. The van der Waals surface area contributed by atoms with E-state index in [0.29, 0.717) is 0 Å². The van der Waals surface area contributed by atoms with Gasteiger partial charge in [0, 0.05) is 35.6 Å². The molecule has 20 heavy (non-hydrogen) atoms. The van der Waals surface area contributed by atoms with Crippen LogP contribution >= 0.6 is 0 Å². The van der Waals surface area contributed by atoms with Gasteiger partial charge in [0.25, 0.3) is 0 Å². The number of nitrogen functional groups attached to an aromatic ring is 1. The minimum absolute atomic E-state index is 0.0403. The molecule has 0 spiro atoms. The summed E-state index contributed by atoms with van der Waals surface area (Å²) in [6.07, 6.45) is 0.768. The van der Waals surface area contributed by atoms with E-state index in [1.54, 1.807) is 0 Å². The van der Waals surface area contributed by atoms with Crippen molar-refractivity contribution in [1.29, 1.82) is 0 Å². The fourth-order valence-corrected chi connectivity index (χ4v) is 2.25. The number of benzene rings is 1. The first-order chi connectivity index (χ1) is 9.41. The van der Waals surface area contributed by atoms with Gasteiger partial charge in [-0.3, -0.25) is 4.98 Å². The van der Waals surface area contributed by atoms with Gasteiger partial charge in [0.1, 0.15) is 0 Å². The third kappa shape index (κ3) is 3.39. The summed E-state index contributed by atoms with van der Waals surface area (Å²) in [5, 5.41) is 13.6. The van der Waals surface area contributed by atoms with Crippen molar-refractivity contribution in [3.8, 4) is 0 Å². The number of aliphatic hydroxyl groups excluding tert-OH is 1. The van der Waals surface area contributed by atoms with Crippen LogP contribution in [0.1, 0.15) is 26.0 Å². The molecule has 4 N–H and O–H groups in total. The Bertz CT molecular complexity index is 608. The van der Waals surface area contributed by atoms with Crippen LogP contribution < -0.4 is 11.1 Å². The molecule has 0 amide bonds. The molecule has 0 aliphatic rings. The van der Waals surface area contributed by atoms with E-state index in [1.807, 2.05) is 31.2 Å². The Balaban J connectivity index is 2.31. The standard InChI is InChI=1S/C16H23N3O/c1-11-8-15(18-10-16(2,3)6-7-20)13-9-12(17)4-5-14(13)19-11/h4-5,8-9,20H,6-7,10,17H2,1-3H3,(H,18,19). The van der Waals surface area contributed by atoms with Crippen molar-refractivity contribution in [1.82, 2.24) is 4.98 Å². The van der Waals surface area contributed by atoms with Crippen molar-refractivity contribution >= 4 is 22.3 Å². The molecule has 108 valence electrons. The van der Waals surface area contributed by atoms with Crippen LogP contribution in [0.25, 0.3) is 10.9 Å². The Morgan fingerprint density at radius 1 is 1.30 bits per heavy atom.